The number of nitrogens with two attached hydrogens (primary N) is 1. The maximum atomic E-state index is 12.3. The second kappa shape index (κ2) is 5.77. The van der Waals surface area contributed by atoms with Crippen molar-refractivity contribution < 1.29 is 4.79 Å². The number of H-pyrrole nitrogens is 1. The quantitative estimate of drug-likeness (QED) is 0.865. The average molecular weight is 350 g/mol. The lowest BCUT2D eigenvalue weighted by Crippen LogP contribution is -2.49. The van der Waals surface area contributed by atoms with Gasteiger partial charge in [-0.05, 0) is 34.1 Å². The van der Waals surface area contributed by atoms with Crippen molar-refractivity contribution in [3.63, 3.8) is 0 Å². The monoisotopic (exact) mass is 349 g/mol. The van der Waals surface area contributed by atoms with Gasteiger partial charge in [-0.25, -0.2) is 4.98 Å². The van der Waals surface area contributed by atoms with Crippen LogP contribution < -0.4 is 10.6 Å². The summed E-state index contributed by atoms with van der Waals surface area (Å²) in [4.78, 5) is 23.6. The number of carbonyl (C=O) groups is 1. The molecule has 3 rings (SSSR count). The van der Waals surface area contributed by atoms with Gasteiger partial charge in [0.2, 0.25) is 0 Å². The van der Waals surface area contributed by atoms with Gasteiger partial charge in [0.1, 0.15) is 11.5 Å². The van der Waals surface area contributed by atoms with Crippen LogP contribution in [-0.4, -0.2) is 47.0 Å². The highest BCUT2D eigenvalue weighted by Crippen LogP contribution is 2.17. The first-order valence-electron chi connectivity index (χ1n) is 6.73. The van der Waals surface area contributed by atoms with Crippen molar-refractivity contribution in [1.82, 2.24) is 14.9 Å². The molecule has 7 heteroatoms. The first-order chi connectivity index (χ1) is 10.1. The van der Waals surface area contributed by atoms with E-state index < -0.39 is 0 Å². The van der Waals surface area contributed by atoms with Crippen LogP contribution in [0.3, 0.4) is 0 Å². The second-order valence-electron chi connectivity index (χ2n) is 4.96. The third-order valence-corrected chi connectivity index (χ3v) is 4.01. The highest BCUT2D eigenvalue weighted by Gasteiger charge is 2.23. The summed E-state index contributed by atoms with van der Waals surface area (Å²) in [6.45, 7) is 2.90. The fourth-order valence-electron chi connectivity index (χ4n) is 2.40. The highest BCUT2D eigenvalue weighted by molar-refractivity contribution is 9.10. The summed E-state index contributed by atoms with van der Waals surface area (Å²) in [7, 11) is 0. The number of rotatable bonds is 2. The molecule has 0 radical (unpaired) electrons. The van der Waals surface area contributed by atoms with Crippen LogP contribution in [0, 0.1) is 0 Å². The summed E-state index contributed by atoms with van der Waals surface area (Å²) in [5.41, 5.74) is 6.76. The van der Waals surface area contributed by atoms with Crippen LogP contribution in [0.4, 0.5) is 11.5 Å². The minimum absolute atomic E-state index is 0.00452. The van der Waals surface area contributed by atoms with Gasteiger partial charge >= 0.3 is 0 Å². The van der Waals surface area contributed by atoms with Crippen molar-refractivity contribution in [2.75, 3.05) is 36.8 Å². The number of halogens is 1. The Morgan fingerprint density at radius 1 is 1.29 bits per heavy atom. The van der Waals surface area contributed by atoms with E-state index >= 15 is 0 Å². The van der Waals surface area contributed by atoms with Crippen LogP contribution in [-0.2, 0) is 0 Å². The normalized spacial score (nSPS) is 15.3. The van der Waals surface area contributed by atoms with Gasteiger partial charge in [-0.3, -0.25) is 4.79 Å². The molecule has 0 aromatic carbocycles. The molecule has 2 aromatic heterocycles. The molecule has 21 heavy (non-hydrogen) atoms. The molecule has 3 heterocycles. The number of pyridine rings is 1. The molecule has 0 aliphatic carbocycles. The molecule has 1 aliphatic heterocycles. The minimum atomic E-state index is -0.00452. The number of amides is 1. The first kappa shape index (κ1) is 13.9. The molecule has 110 valence electrons. The Balaban J connectivity index is 1.62. The van der Waals surface area contributed by atoms with Crippen LogP contribution in [0.25, 0.3) is 0 Å². The minimum Gasteiger partial charge on any atom is -0.397 e. The molecule has 1 aliphatic rings. The number of hydrogen-bond donors (Lipinski definition) is 2. The maximum Gasteiger partial charge on any atom is 0.270 e. The molecule has 0 atom stereocenters. The summed E-state index contributed by atoms with van der Waals surface area (Å²) in [5, 5.41) is 0. The summed E-state index contributed by atoms with van der Waals surface area (Å²) >= 11 is 3.38. The Bertz CT molecular complexity index is 631. The molecule has 2 aromatic rings. The van der Waals surface area contributed by atoms with Crippen molar-refractivity contribution in [1.29, 1.82) is 0 Å². The largest absolute Gasteiger partial charge is 0.397 e. The number of hydrogen-bond acceptors (Lipinski definition) is 4. The Hall–Kier alpha value is -2.02. The summed E-state index contributed by atoms with van der Waals surface area (Å²) in [6, 6.07) is 5.62. The molecule has 3 N–H and O–H groups in total. The molecule has 1 saturated heterocycles. The van der Waals surface area contributed by atoms with Gasteiger partial charge < -0.3 is 20.5 Å². The second-order valence-corrected chi connectivity index (χ2v) is 5.88. The molecular weight excluding hydrogens is 334 g/mol. The summed E-state index contributed by atoms with van der Waals surface area (Å²) < 4.78 is 0.962. The molecule has 6 nitrogen and oxygen atoms in total. The topological polar surface area (TPSA) is 78.2 Å². The van der Waals surface area contributed by atoms with E-state index in [-0.39, 0.29) is 5.91 Å². The number of nitrogen functional groups attached to an aromatic ring is 1. The molecule has 0 spiro atoms. The summed E-state index contributed by atoms with van der Waals surface area (Å²) in [6.07, 6.45) is 3.42. The van der Waals surface area contributed by atoms with E-state index in [1.165, 1.54) is 0 Å². The van der Waals surface area contributed by atoms with E-state index in [4.69, 9.17) is 5.73 Å². The van der Waals surface area contributed by atoms with Crippen LogP contribution >= 0.6 is 15.9 Å². The van der Waals surface area contributed by atoms with Crippen LogP contribution in [0.2, 0.25) is 0 Å². The zero-order chi connectivity index (χ0) is 14.8. The van der Waals surface area contributed by atoms with Crippen molar-refractivity contribution in [3.05, 3.63) is 40.8 Å². The van der Waals surface area contributed by atoms with E-state index in [1.54, 1.807) is 18.5 Å². The average Bonchev–Trinajstić information content (AvgIpc) is 2.94. The van der Waals surface area contributed by atoms with Gasteiger partial charge in [-0.2, -0.15) is 0 Å². The van der Waals surface area contributed by atoms with E-state index in [9.17, 15) is 4.79 Å². The van der Waals surface area contributed by atoms with E-state index in [2.05, 4.69) is 30.8 Å². The Labute approximate surface area is 131 Å². The fraction of sp³-hybridized carbons (Fsp3) is 0.286. The lowest BCUT2D eigenvalue weighted by Gasteiger charge is -2.35. The number of anilines is 2. The first-order valence-corrected chi connectivity index (χ1v) is 7.52. The van der Waals surface area contributed by atoms with Gasteiger partial charge in [0.05, 0.1) is 0 Å². The molecular formula is C14H16BrN5O. The Kier molecular flexibility index (Phi) is 3.83. The highest BCUT2D eigenvalue weighted by atomic mass is 79.9. The Morgan fingerprint density at radius 3 is 2.62 bits per heavy atom. The van der Waals surface area contributed by atoms with Crippen molar-refractivity contribution >= 4 is 33.3 Å². The maximum absolute atomic E-state index is 12.3. The standard InChI is InChI=1S/C14H16BrN5O/c15-10-1-2-13(18-8-10)19-3-5-20(6-4-19)14(21)12-7-11(16)9-17-12/h1-2,7-9,17H,3-6,16H2. The van der Waals surface area contributed by atoms with Crippen molar-refractivity contribution in [2.24, 2.45) is 0 Å². The van der Waals surface area contributed by atoms with Gasteiger partial charge in [-0.15, -0.1) is 0 Å². The van der Waals surface area contributed by atoms with Crippen molar-refractivity contribution in [3.8, 4) is 0 Å². The van der Waals surface area contributed by atoms with Gasteiger partial charge in [-0.1, -0.05) is 0 Å². The summed E-state index contributed by atoms with van der Waals surface area (Å²) in [5.74, 6) is 0.935. The molecule has 0 bridgehead atoms. The number of nitrogens with one attached hydrogen (secondary N) is 1. The Morgan fingerprint density at radius 2 is 2.05 bits per heavy atom. The fourth-order valence-corrected chi connectivity index (χ4v) is 2.63. The van der Waals surface area contributed by atoms with Gasteiger partial charge in [0, 0.05) is 48.7 Å². The number of carbonyl (C=O) groups excluding carboxylic acids is 1. The predicted octanol–water partition coefficient (Wildman–Crippen LogP) is 1.72. The molecule has 1 amide bonds. The van der Waals surface area contributed by atoms with E-state index in [0.29, 0.717) is 24.5 Å². The van der Waals surface area contributed by atoms with Crippen LogP contribution in [0.5, 0.6) is 0 Å². The number of aromatic amines is 1. The van der Waals surface area contributed by atoms with Crippen LogP contribution in [0.1, 0.15) is 10.5 Å². The zero-order valence-electron chi connectivity index (χ0n) is 11.4. The van der Waals surface area contributed by atoms with Crippen molar-refractivity contribution in [2.45, 2.75) is 0 Å². The van der Waals surface area contributed by atoms with E-state index in [0.717, 1.165) is 23.4 Å². The SMILES string of the molecule is Nc1c[nH]c(C(=O)N2CCN(c3ccc(Br)cn3)CC2)c1. The lowest BCUT2D eigenvalue weighted by molar-refractivity contribution is 0.0741. The number of piperazine rings is 1. The van der Waals surface area contributed by atoms with Gasteiger partial charge in [0.15, 0.2) is 0 Å². The van der Waals surface area contributed by atoms with E-state index in [1.807, 2.05) is 17.0 Å². The zero-order valence-corrected chi connectivity index (χ0v) is 13.0. The number of aromatic nitrogens is 2. The molecule has 1 fully saturated rings. The smallest absolute Gasteiger partial charge is 0.270 e. The number of nitrogens with zero attached hydrogens (tertiary/aromatic N) is 3. The van der Waals surface area contributed by atoms with Crippen LogP contribution in [0.15, 0.2) is 35.1 Å². The lowest BCUT2D eigenvalue weighted by atomic mass is 10.2. The molecule has 0 saturated carbocycles. The predicted molar refractivity (Wildman–Crippen MR) is 85.3 cm³/mol. The molecule has 0 unspecified atom stereocenters. The third kappa shape index (κ3) is 3.02. The third-order valence-electron chi connectivity index (χ3n) is 3.54. The van der Waals surface area contributed by atoms with Gasteiger partial charge in [0.25, 0.3) is 5.91 Å².